The van der Waals surface area contributed by atoms with Gasteiger partial charge in [0, 0.05) is 6.61 Å². The van der Waals surface area contributed by atoms with Crippen molar-refractivity contribution in [2.75, 3.05) is 13.2 Å². The quantitative estimate of drug-likeness (QED) is 0.534. The highest BCUT2D eigenvalue weighted by Gasteiger charge is 2.04. The van der Waals surface area contributed by atoms with Crippen LogP contribution in [0.5, 0.6) is 5.75 Å². The van der Waals surface area contributed by atoms with Gasteiger partial charge < -0.3 is 9.16 Å². The summed E-state index contributed by atoms with van der Waals surface area (Å²) in [7, 11) is -0.987. The third-order valence-electron chi connectivity index (χ3n) is 3.68. The molecule has 1 unspecified atom stereocenters. The molecule has 3 nitrogen and oxygen atoms in total. The van der Waals surface area contributed by atoms with Crippen molar-refractivity contribution in [3.05, 3.63) is 54.1 Å². The lowest BCUT2D eigenvalue weighted by Crippen LogP contribution is -2.14. The molecule has 4 heteroatoms. The summed E-state index contributed by atoms with van der Waals surface area (Å²) in [5.41, 5.74) is 2.91. The van der Waals surface area contributed by atoms with Gasteiger partial charge in [-0.05, 0) is 61.3 Å². The maximum absolute atomic E-state index is 8.83. The van der Waals surface area contributed by atoms with Gasteiger partial charge in [-0.3, -0.25) is 0 Å². The van der Waals surface area contributed by atoms with Crippen molar-refractivity contribution in [2.45, 2.75) is 25.9 Å². The first-order valence-corrected chi connectivity index (χ1v) is 10.5. The van der Waals surface area contributed by atoms with Gasteiger partial charge in [-0.2, -0.15) is 5.26 Å². The third kappa shape index (κ3) is 5.55. The standard InChI is InChI=1S/C19H23NO2Si/c1-3-22-23(2)14-4-13-21-19-11-9-18(10-12-19)17-7-5-16(15-20)6-8-17/h5-12,23H,3-4,13-14H2,1-2H3. The summed E-state index contributed by atoms with van der Waals surface area (Å²) in [6, 6.07) is 19.0. The monoisotopic (exact) mass is 325 g/mol. The minimum atomic E-state index is -0.987. The largest absolute Gasteiger partial charge is 0.494 e. The number of benzene rings is 2. The zero-order chi connectivity index (χ0) is 16.5. The molecule has 1 atom stereocenters. The number of rotatable bonds is 8. The molecule has 0 fully saturated rings. The predicted octanol–water partition coefficient (Wildman–Crippen LogP) is 4.38. The Morgan fingerprint density at radius 2 is 1.61 bits per heavy atom. The molecule has 0 bridgehead atoms. The molecule has 0 radical (unpaired) electrons. The third-order valence-corrected chi connectivity index (χ3v) is 5.80. The Bertz CT molecular complexity index is 632. The lowest BCUT2D eigenvalue weighted by Gasteiger charge is -2.11. The van der Waals surface area contributed by atoms with E-state index < -0.39 is 9.04 Å². The maximum atomic E-state index is 8.83. The second kappa shape index (κ2) is 9.14. The van der Waals surface area contributed by atoms with Crippen molar-refractivity contribution in [2.24, 2.45) is 0 Å². The SMILES string of the molecule is CCO[SiH](C)CCCOc1ccc(-c2ccc(C#N)cc2)cc1. The van der Waals surface area contributed by atoms with E-state index in [9.17, 15) is 0 Å². The average Bonchev–Trinajstić information content (AvgIpc) is 2.60. The maximum Gasteiger partial charge on any atom is 0.174 e. The van der Waals surface area contributed by atoms with E-state index in [2.05, 4.69) is 19.5 Å². The molecule has 2 aromatic rings. The normalized spacial score (nSPS) is 11.7. The van der Waals surface area contributed by atoms with Crippen LogP contribution < -0.4 is 4.74 Å². The second-order valence-electron chi connectivity index (χ2n) is 5.47. The molecule has 0 aliphatic rings. The van der Waals surface area contributed by atoms with Gasteiger partial charge in [-0.25, -0.2) is 0 Å². The van der Waals surface area contributed by atoms with Gasteiger partial charge in [0.05, 0.1) is 18.2 Å². The molecular weight excluding hydrogens is 302 g/mol. The van der Waals surface area contributed by atoms with E-state index in [-0.39, 0.29) is 0 Å². The van der Waals surface area contributed by atoms with Crippen molar-refractivity contribution in [3.8, 4) is 22.9 Å². The lowest BCUT2D eigenvalue weighted by molar-refractivity contribution is 0.307. The highest BCUT2D eigenvalue weighted by atomic mass is 28.3. The van der Waals surface area contributed by atoms with Crippen LogP contribution in [0.15, 0.2) is 48.5 Å². The van der Waals surface area contributed by atoms with Crippen LogP contribution in [0, 0.1) is 11.3 Å². The van der Waals surface area contributed by atoms with Crippen LogP contribution in [-0.2, 0) is 4.43 Å². The van der Waals surface area contributed by atoms with Gasteiger partial charge in [-0.1, -0.05) is 24.3 Å². The highest BCUT2D eigenvalue weighted by molar-refractivity contribution is 6.50. The van der Waals surface area contributed by atoms with Crippen LogP contribution in [0.4, 0.5) is 0 Å². The molecule has 0 heterocycles. The Kier molecular flexibility index (Phi) is 6.86. The fourth-order valence-electron chi connectivity index (χ4n) is 2.41. The summed E-state index contributed by atoms with van der Waals surface area (Å²) >= 11 is 0. The van der Waals surface area contributed by atoms with Crippen LogP contribution in [0.1, 0.15) is 18.9 Å². The van der Waals surface area contributed by atoms with E-state index >= 15 is 0 Å². The summed E-state index contributed by atoms with van der Waals surface area (Å²) < 4.78 is 11.4. The van der Waals surface area contributed by atoms with Gasteiger partial charge >= 0.3 is 0 Å². The van der Waals surface area contributed by atoms with Crippen LogP contribution in [0.3, 0.4) is 0 Å². The molecular formula is C19H23NO2Si. The fourth-order valence-corrected chi connectivity index (χ4v) is 3.89. The van der Waals surface area contributed by atoms with E-state index in [4.69, 9.17) is 14.4 Å². The Hall–Kier alpha value is -2.09. The van der Waals surface area contributed by atoms with E-state index in [0.29, 0.717) is 5.56 Å². The fraction of sp³-hybridized carbons (Fsp3) is 0.316. The topological polar surface area (TPSA) is 42.2 Å². The lowest BCUT2D eigenvalue weighted by atomic mass is 10.0. The smallest absolute Gasteiger partial charge is 0.174 e. The Morgan fingerprint density at radius 3 is 2.17 bits per heavy atom. The Morgan fingerprint density at radius 1 is 1.00 bits per heavy atom. The highest BCUT2D eigenvalue weighted by Crippen LogP contribution is 2.23. The summed E-state index contributed by atoms with van der Waals surface area (Å²) in [6.07, 6.45) is 1.05. The zero-order valence-electron chi connectivity index (χ0n) is 13.8. The Balaban J connectivity index is 1.83. The summed E-state index contributed by atoms with van der Waals surface area (Å²) in [5.74, 6) is 0.896. The van der Waals surface area contributed by atoms with E-state index in [1.807, 2.05) is 48.5 Å². The van der Waals surface area contributed by atoms with Gasteiger partial charge in [0.1, 0.15) is 5.75 Å². The van der Waals surface area contributed by atoms with E-state index in [0.717, 1.165) is 42.6 Å². The number of ether oxygens (including phenoxy) is 1. The van der Waals surface area contributed by atoms with E-state index in [1.54, 1.807) is 0 Å². The van der Waals surface area contributed by atoms with Crippen LogP contribution in [0.25, 0.3) is 11.1 Å². The molecule has 23 heavy (non-hydrogen) atoms. The van der Waals surface area contributed by atoms with Gasteiger partial charge in [-0.15, -0.1) is 0 Å². The van der Waals surface area contributed by atoms with Crippen molar-refractivity contribution in [1.82, 2.24) is 0 Å². The van der Waals surface area contributed by atoms with Gasteiger partial charge in [0.2, 0.25) is 0 Å². The minimum Gasteiger partial charge on any atom is -0.494 e. The number of hydrogen-bond donors (Lipinski definition) is 0. The van der Waals surface area contributed by atoms with Crippen molar-refractivity contribution in [3.63, 3.8) is 0 Å². The van der Waals surface area contributed by atoms with E-state index in [1.165, 1.54) is 0 Å². The van der Waals surface area contributed by atoms with Gasteiger partial charge in [0.25, 0.3) is 0 Å². The summed E-state index contributed by atoms with van der Waals surface area (Å²) in [6.45, 7) is 5.84. The van der Waals surface area contributed by atoms with Crippen LogP contribution >= 0.6 is 0 Å². The molecule has 120 valence electrons. The predicted molar refractivity (Wildman–Crippen MR) is 96.2 cm³/mol. The molecule has 2 aromatic carbocycles. The molecule has 0 saturated heterocycles. The molecule has 0 aliphatic carbocycles. The first-order valence-electron chi connectivity index (χ1n) is 8.08. The van der Waals surface area contributed by atoms with Crippen molar-refractivity contribution < 1.29 is 9.16 Å². The van der Waals surface area contributed by atoms with Crippen LogP contribution in [0.2, 0.25) is 12.6 Å². The summed E-state index contributed by atoms with van der Waals surface area (Å²) in [4.78, 5) is 0. The molecule has 0 aliphatic heterocycles. The zero-order valence-corrected chi connectivity index (χ0v) is 14.9. The van der Waals surface area contributed by atoms with Crippen LogP contribution in [-0.4, -0.2) is 22.3 Å². The number of hydrogen-bond acceptors (Lipinski definition) is 3. The first kappa shape index (κ1) is 17.3. The second-order valence-corrected chi connectivity index (χ2v) is 8.00. The molecule has 0 spiro atoms. The molecule has 0 amide bonds. The molecule has 2 rings (SSSR count). The number of nitriles is 1. The average molecular weight is 325 g/mol. The molecule has 0 aromatic heterocycles. The van der Waals surface area contributed by atoms with Gasteiger partial charge in [0.15, 0.2) is 9.04 Å². The van der Waals surface area contributed by atoms with Crippen molar-refractivity contribution >= 4 is 9.04 Å². The Labute approximate surface area is 140 Å². The summed E-state index contributed by atoms with van der Waals surface area (Å²) in [5, 5.41) is 8.83. The molecule has 0 saturated carbocycles. The minimum absolute atomic E-state index is 0.679. The molecule has 0 N–H and O–H groups in total. The number of nitrogens with zero attached hydrogens (tertiary/aromatic N) is 1. The first-order chi connectivity index (χ1) is 11.2. The van der Waals surface area contributed by atoms with Crippen molar-refractivity contribution in [1.29, 1.82) is 5.26 Å².